The third kappa shape index (κ3) is 9.56. The highest BCUT2D eigenvalue weighted by molar-refractivity contribution is 7.86. The van der Waals surface area contributed by atoms with Crippen LogP contribution in [-0.4, -0.2) is 53.2 Å². The van der Waals surface area contributed by atoms with Crippen molar-refractivity contribution in [2.24, 2.45) is 0 Å². The van der Waals surface area contributed by atoms with Crippen molar-refractivity contribution in [2.75, 3.05) is 6.61 Å². The maximum atomic E-state index is 13.3. The Hall–Kier alpha value is -2.92. The molecule has 41 heavy (non-hydrogen) atoms. The molecule has 0 aliphatic heterocycles. The van der Waals surface area contributed by atoms with Gasteiger partial charge in [0.25, 0.3) is 16.0 Å². The van der Waals surface area contributed by atoms with Crippen LogP contribution in [0.3, 0.4) is 0 Å². The average molecular weight is 629 g/mol. The van der Waals surface area contributed by atoms with E-state index in [1.807, 2.05) is 31.2 Å². The number of carbonyl (C=O) groups is 3. The lowest BCUT2D eigenvalue weighted by Gasteiger charge is -2.30. The summed E-state index contributed by atoms with van der Waals surface area (Å²) in [6.07, 6.45) is -0.464. The Balaban J connectivity index is 2.34. The number of benzene rings is 2. The molecule has 0 saturated heterocycles. The SMILES string of the molecule is C=C(CC)C(=O)c1ccc(OCC(=O)N(C(=O)OC(C)(C)C)C(CCCc2ccccc2C)S(=O)(=O)O)c(Cl)c1Cl. The number of hydrogen-bond donors (Lipinski definition) is 1. The Morgan fingerprint density at radius 3 is 2.27 bits per heavy atom. The highest BCUT2D eigenvalue weighted by Crippen LogP contribution is 2.36. The van der Waals surface area contributed by atoms with E-state index in [1.165, 1.54) is 12.1 Å². The number of ketones is 1. The van der Waals surface area contributed by atoms with Gasteiger partial charge in [0.2, 0.25) is 0 Å². The Kier molecular flexibility index (Phi) is 12.0. The van der Waals surface area contributed by atoms with E-state index in [-0.39, 0.29) is 34.2 Å². The summed E-state index contributed by atoms with van der Waals surface area (Å²) in [7, 11) is -4.94. The van der Waals surface area contributed by atoms with Crippen molar-refractivity contribution in [1.29, 1.82) is 0 Å². The first-order valence-electron chi connectivity index (χ1n) is 12.9. The molecule has 0 aromatic heterocycles. The molecular weight excluding hydrogens is 593 g/mol. The second-order valence-electron chi connectivity index (χ2n) is 10.3. The summed E-state index contributed by atoms with van der Waals surface area (Å²) in [5, 5.41) is -2.22. The Morgan fingerprint density at radius 2 is 1.71 bits per heavy atom. The number of rotatable bonds is 12. The predicted molar refractivity (Wildman–Crippen MR) is 158 cm³/mol. The van der Waals surface area contributed by atoms with Crippen LogP contribution in [0.25, 0.3) is 0 Å². The van der Waals surface area contributed by atoms with Crippen molar-refractivity contribution in [3.63, 3.8) is 0 Å². The lowest BCUT2D eigenvalue weighted by atomic mass is 10.0. The van der Waals surface area contributed by atoms with E-state index in [9.17, 15) is 27.4 Å². The van der Waals surface area contributed by atoms with Gasteiger partial charge in [-0.3, -0.25) is 14.1 Å². The first-order valence-corrected chi connectivity index (χ1v) is 15.1. The van der Waals surface area contributed by atoms with Crippen molar-refractivity contribution >= 4 is 51.1 Å². The fraction of sp³-hybridized carbons (Fsp3) is 0.414. The fourth-order valence-corrected chi connectivity index (χ4v) is 5.23. The second-order valence-corrected chi connectivity index (χ2v) is 12.7. The molecule has 0 heterocycles. The minimum absolute atomic E-state index is 0.0872. The Morgan fingerprint density at radius 1 is 1.07 bits per heavy atom. The largest absolute Gasteiger partial charge is 0.482 e. The van der Waals surface area contributed by atoms with Crippen molar-refractivity contribution in [3.8, 4) is 5.75 Å². The summed E-state index contributed by atoms with van der Waals surface area (Å²) in [5.41, 5.74) is 1.28. The lowest BCUT2D eigenvalue weighted by molar-refractivity contribution is -0.133. The first-order chi connectivity index (χ1) is 19.0. The second kappa shape index (κ2) is 14.3. The van der Waals surface area contributed by atoms with Crippen LogP contribution < -0.4 is 4.74 Å². The average Bonchev–Trinajstić information content (AvgIpc) is 2.87. The van der Waals surface area contributed by atoms with E-state index in [0.29, 0.717) is 23.3 Å². The highest BCUT2D eigenvalue weighted by atomic mass is 35.5. The van der Waals surface area contributed by atoms with Crippen LogP contribution in [0.15, 0.2) is 48.6 Å². The smallest absolute Gasteiger partial charge is 0.418 e. The van der Waals surface area contributed by atoms with Gasteiger partial charge >= 0.3 is 6.09 Å². The maximum absolute atomic E-state index is 13.3. The molecule has 0 aliphatic carbocycles. The maximum Gasteiger partial charge on any atom is 0.418 e. The molecule has 1 unspecified atom stereocenters. The summed E-state index contributed by atoms with van der Waals surface area (Å²) in [6, 6.07) is 10.2. The van der Waals surface area contributed by atoms with Crippen LogP contribution in [0.1, 0.15) is 68.4 Å². The van der Waals surface area contributed by atoms with Gasteiger partial charge in [-0.2, -0.15) is 8.42 Å². The van der Waals surface area contributed by atoms with Gasteiger partial charge in [-0.1, -0.05) is 61.0 Å². The minimum atomic E-state index is -4.94. The van der Waals surface area contributed by atoms with Gasteiger partial charge < -0.3 is 9.47 Å². The molecule has 9 nitrogen and oxygen atoms in total. The van der Waals surface area contributed by atoms with E-state index in [0.717, 1.165) is 11.1 Å². The van der Waals surface area contributed by atoms with Crippen LogP contribution >= 0.6 is 23.2 Å². The van der Waals surface area contributed by atoms with Crippen molar-refractivity contribution in [2.45, 2.75) is 71.3 Å². The summed E-state index contributed by atoms with van der Waals surface area (Å²) < 4.78 is 45.7. The zero-order valence-corrected chi connectivity index (χ0v) is 26.0. The standard InChI is InChI=1S/C29H35Cl2NO8S/c1-7-18(2)27(34)21-15-16-22(26(31)25(21)30)39-17-23(33)32(28(35)40-29(4,5)6)24(41(36,37)38)14-10-13-20-12-9-8-11-19(20)3/h8-9,11-12,15-16,24H,2,7,10,13-14,17H2,1,3-6H3,(H,36,37,38). The monoisotopic (exact) mass is 627 g/mol. The highest BCUT2D eigenvalue weighted by Gasteiger charge is 2.40. The molecule has 2 amide bonds. The number of imide groups is 1. The number of allylic oxidation sites excluding steroid dienone is 1. The van der Waals surface area contributed by atoms with Crippen LogP contribution in [0.4, 0.5) is 4.79 Å². The fourth-order valence-electron chi connectivity index (χ4n) is 3.84. The van der Waals surface area contributed by atoms with Gasteiger partial charge in [0.15, 0.2) is 17.8 Å². The summed E-state index contributed by atoms with van der Waals surface area (Å²) in [6.45, 7) is 11.1. The van der Waals surface area contributed by atoms with Crippen LogP contribution in [0.5, 0.6) is 5.75 Å². The number of aryl methyl sites for hydroxylation is 2. The van der Waals surface area contributed by atoms with Gasteiger partial charge in [-0.25, -0.2) is 9.69 Å². The molecule has 0 radical (unpaired) electrons. The number of ether oxygens (including phenoxy) is 2. The molecule has 0 bridgehead atoms. The molecule has 0 fully saturated rings. The number of carbonyl (C=O) groups excluding carboxylic acids is 3. The number of hydrogen-bond acceptors (Lipinski definition) is 7. The zero-order chi connectivity index (χ0) is 31.1. The third-order valence-electron chi connectivity index (χ3n) is 6.04. The minimum Gasteiger partial charge on any atom is -0.482 e. The topological polar surface area (TPSA) is 127 Å². The quantitative estimate of drug-likeness (QED) is 0.154. The molecule has 0 aliphatic rings. The number of Topliss-reactive ketones (excluding diaryl/α,β-unsaturated/α-hetero) is 1. The Bertz CT molecular complexity index is 1420. The van der Waals surface area contributed by atoms with Gasteiger partial charge in [-0.15, -0.1) is 0 Å². The number of halogens is 2. The summed E-state index contributed by atoms with van der Waals surface area (Å²) in [5.74, 6) is -1.60. The van der Waals surface area contributed by atoms with Crippen LogP contribution in [0.2, 0.25) is 10.0 Å². The van der Waals surface area contributed by atoms with Crippen LogP contribution in [-0.2, 0) is 26.1 Å². The normalized spacial score (nSPS) is 12.4. The number of nitrogens with zero attached hydrogens (tertiary/aromatic N) is 1. The molecule has 2 aromatic carbocycles. The van der Waals surface area contributed by atoms with Gasteiger partial charge in [-0.05, 0) is 82.2 Å². The Labute approximate surface area is 251 Å². The van der Waals surface area contributed by atoms with E-state index >= 15 is 0 Å². The molecule has 12 heteroatoms. The molecule has 2 aromatic rings. The summed E-state index contributed by atoms with van der Waals surface area (Å²) >= 11 is 12.6. The van der Waals surface area contributed by atoms with E-state index in [2.05, 4.69) is 6.58 Å². The molecule has 1 atom stereocenters. The molecule has 224 valence electrons. The van der Waals surface area contributed by atoms with E-state index in [4.69, 9.17) is 32.7 Å². The van der Waals surface area contributed by atoms with Gasteiger partial charge in [0, 0.05) is 5.56 Å². The van der Waals surface area contributed by atoms with Crippen LogP contribution in [0, 0.1) is 6.92 Å². The molecule has 2 rings (SSSR count). The number of amides is 2. The third-order valence-corrected chi connectivity index (χ3v) is 8.04. The summed E-state index contributed by atoms with van der Waals surface area (Å²) in [4.78, 5) is 39.2. The van der Waals surface area contributed by atoms with E-state index < -0.39 is 45.5 Å². The molecular formula is C29H35Cl2NO8S. The van der Waals surface area contributed by atoms with E-state index in [1.54, 1.807) is 27.7 Å². The van der Waals surface area contributed by atoms with Crippen molar-refractivity contribution in [3.05, 3.63) is 75.3 Å². The molecule has 0 saturated carbocycles. The van der Waals surface area contributed by atoms with Crippen molar-refractivity contribution < 1.29 is 36.8 Å². The zero-order valence-electron chi connectivity index (χ0n) is 23.7. The van der Waals surface area contributed by atoms with Crippen molar-refractivity contribution in [1.82, 2.24) is 4.90 Å². The molecule has 0 spiro atoms. The predicted octanol–water partition coefficient (Wildman–Crippen LogP) is 6.83. The molecule has 1 N–H and O–H groups in total. The van der Waals surface area contributed by atoms with Gasteiger partial charge in [0.05, 0.1) is 5.02 Å². The van der Waals surface area contributed by atoms with Gasteiger partial charge in [0.1, 0.15) is 16.4 Å². The lowest BCUT2D eigenvalue weighted by Crippen LogP contribution is -2.51. The first kappa shape index (κ1) is 34.3.